The number of anilines is 2. The Hall–Kier alpha value is -3.68. The minimum Gasteiger partial charge on any atom is -0.497 e. The lowest BCUT2D eigenvalue weighted by Gasteiger charge is -2.36. The quantitative estimate of drug-likeness (QED) is 0.346. The number of aryl methyl sites for hydroxylation is 1. The van der Waals surface area contributed by atoms with Crippen LogP contribution >= 0.6 is 0 Å². The number of methoxy groups -OCH3 is 1. The molecule has 192 valence electrons. The van der Waals surface area contributed by atoms with Gasteiger partial charge in [-0.1, -0.05) is 29.8 Å². The van der Waals surface area contributed by atoms with Crippen molar-refractivity contribution >= 4 is 22.4 Å². The third-order valence-corrected chi connectivity index (χ3v) is 6.97. The lowest BCUT2D eigenvalue weighted by atomic mass is 10.00. The number of piperazine rings is 1. The second-order valence-electron chi connectivity index (χ2n) is 9.60. The molecule has 2 heterocycles. The molecule has 0 spiro atoms. The molecule has 0 amide bonds. The zero-order chi connectivity index (χ0) is 25.6. The first-order valence-corrected chi connectivity index (χ1v) is 13.0. The highest BCUT2D eigenvalue weighted by Crippen LogP contribution is 2.34. The zero-order valence-electron chi connectivity index (χ0n) is 21.7. The van der Waals surface area contributed by atoms with Crippen molar-refractivity contribution in [2.75, 3.05) is 56.7 Å². The first-order valence-electron chi connectivity index (χ1n) is 13.0. The van der Waals surface area contributed by atoms with Crippen LogP contribution in [0.2, 0.25) is 0 Å². The van der Waals surface area contributed by atoms with Crippen molar-refractivity contribution < 1.29 is 9.84 Å². The molecule has 1 fully saturated rings. The molecule has 1 aliphatic rings. The van der Waals surface area contributed by atoms with Gasteiger partial charge in [0, 0.05) is 68.7 Å². The Bertz CT molecular complexity index is 1350. The number of nitrogens with one attached hydrogen (secondary N) is 1. The Morgan fingerprint density at radius 3 is 2.68 bits per heavy atom. The number of fused-ring (bicyclic) bond motifs is 1. The number of aliphatic hydroxyl groups is 1. The summed E-state index contributed by atoms with van der Waals surface area (Å²) >= 11 is 0. The van der Waals surface area contributed by atoms with Crippen molar-refractivity contribution in [1.29, 1.82) is 0 Å². The number of ether oxygens (including phenoxy) is 1. The Labute approximate surface area is 218 Å². The number of aromatic nitrogens is 2. The van der Waals surface area contributed by atoms with E-state index in [0.717, 1.165) is 61.7 Å². The molecular weight excluding hydrogens is 462 g/mol. The summed E-state index contributed by atoms with van der Waals surface area (Å²) in [5.41, 5.74) is 5.60. The second kappa shape index (κ2) is 11.6. The second-order valence-corrected chi connectivity index (χ2v) is 9.60. The minimum absolute atomic E-state index is 0.251. The van der Waals surface area contributed by atoms with Crippen LogP contribution in [-0.2, 0) is 6.54 Å². The van der Waals surface area contributed by atoms with Crippen LogP contribution in [0.4, 0.5) is 11.6 Å². The van der Waals surface area contributed by atoms with E-state index in [1.807, 2.05) is 30.5 Å². The fraction of sp³-hybridized carbons (Fsp3) is 0.333. The fourth-order valence-corrected chi connectivity index (χ4v) is 4.94. The summed E-state index contributed by atoms with van der Waals surface area (Å²) in [6.45, 7) is 7.91. The maximum absolute atomic E-state index is 9.19. The van der Waals surface area contributed by atoms with Gasteiger partial charge in [0.25, 0.3) is 0 Å². The number of aliphatic hydroxyl groups excluding tert-OH is 1. The van der Waals surface area contributed by atoms with Gasteiger partial charge >= 0.3 is 0 Å². The van der Waals surface area contributed by atoms with Gasteiger partial charge in [0.05, 0.1) is 12.8 Å². The minimum atomic E-state index is 0.251. The van der Waals surface area contributed by atoms with Crippen LogP contribution < -0.4 is 15.0 Å². The van der Waals surface area contributed by atoms with Gasteiger partial charge in [0.1, 0.15) is 5.75 Å². The summed E-state index contributed by atoms with van der Waals surface area (Å²) in [4.78, 5) is 14.2. The van der Waals surface area contributed by atoms with E-state index in [0.29, 0.717) is 12.5 Å². The fourth-order valence-electron chi connectivity index (χ4n) is 4.94. The van der Waals surface area contributed by atoms with Crippen molar-refractivity contribution in [2.24, 2.45) is 0 Å². The molecule has 0 aliphatic carbocycles. The van der Waals surface area contributed by atoms with Gasteiger partial charge in [0.15, 0.2) is 0 Å². The standard InChI is InChI=1S/C30H35N5O2/c1-22-7-8-24-19-25(20-29(27(24)17-22)35-14-12-34(13-15-35)11-4-16-36)28-9-10-31-30(33-28)32-21-23-5-3-6-26(18-23)37-2/h3,5-10,17-20,36H,4,11-16,21H2,1-2H3,(H,31,32,33). The monoisotopic (exact) mass is 497 g/mol. The number of nitrogens with zero attached hydrogens (tertiary/aromatic N) is 4. The molecule has 1 aliphatic heterocycles. The molecule has 4 aromatic rings. The van der Waals surface area contributed by atoms with Gasteiger partial charge < -0.3 is 20.1 Å². The molecule has 5 rings (SSSR count). The normalized spacial score (nSPS) is 14.2. The molecule has 2 N–H and O–H groups in total. The summed E-state index contributed by atoms with van der Waals surface area (Å²) in [5, 5.41) is 15.0. The highest BCUT2D eigenvalue weighted by Gasteiger charge is 2.20. The van der Waals surface area contributed by atoms with Crippen LogP contribution in [0.3, 0.4) is 0 Å². The van der Waals surface area contributed by atoms with E-state index in [1.165, 1.54) is 22.0 Å². The third kappa shape index (κ3) is 6.01. The molecular formula is C30H35N5O2. The molecule has 0 bridgehead atoms. The molecule has 0 atom stereocenters. The van der Waals surface area contributed by atoms with Gasteiger partial charge in [0.2, 0.25) is 5.95 Å². The molecule has 0 unspecified atom stereocenters. The van der Waals surface area contributed by atoms with Crippen LogP contribution in [0, 0.1) is 6.92 Å². The predicted molar refractivity (Wildman–Crippen MR) is 150 cm³/mol. The van der Waals surface area contributed by atoms with Gasteiger partial charge in [-0.3, -0.25) is 4.90 Å². The maximum Gasteiger partial charge on any atom is 0.223 e. The first-order chi connectivity index (χ1) is 18.1. The van der Waals surface area contributed by atoms with Crippen LogP contribution in [0.1, 0.15) is 17.5 Å². The van der Waals surface area contributed by atoms with Gasteiger partial charge in [-0.05, 0) is 60.7 Å². The molecule has 7 nitrogen and oxygen atoms in total. The number of hydrogen-bond acceptors (Lipinski definition) is 7. The largest absolute Gasteiger partial charge is 0.497 e. The lowest BCUT2D eigenvalue weighted by Crippen LogP contribution is -2.46. The first kappa shape index (κ1) is 25.0. The highest BCUT2D eigenvalue weighted by molar-refractivity contribution is 5.98. The van der Waals surface area contributed by atoms with E-state index in [1.54, 1.807) is 7.11 Å². The summed E-state index contributed by atoms with van der Waals surface area (Å²) in [5.74, 6) is 1.44. The Morgan fingerprint density at radius 1 is 1.00 bits per heavy atom. The van der Waals surface area contributed by atoms with Crippen molar-refractivity contribution in [3.05, 3.63) is 78.0 Å². The molecule has 1 aromatic heterocycles. The highest BCUT2D eigenvalue weighted by atomic mass is 16.5. The summed E-state index contributed by atoms with van der Waals surface area (Å²) in [6, 6.07) is 21.1. The average Bonchev–Trinajstić information content (AvgIpc) is 2.95. The average molecular weight is 498 g/mol. The Kier molecular flexibility index (Phi) is 7.82. The van der Waals surface area contributed by atoms with E-state index in [-0.39, 0.29) is 6.61 Å². The lowest BCUT2D eigenvalue weighted by molar-refractivity contribution is 0.216. The topological polar surface area (TPSA) is 73.8 Å². The predicted octanol–water partition coefficient (Wildman–Crippen LogP) is 4.73. The van der Waals surface area contributed by atoms with Crippen molar-refractivity contribution in [3.8, 4) is 17.0 Å². The van der Waals surface area contributed by atoms with Gasteiger partial charge in [-0.2, -0.15) is 0 Å². The SMILES string of the molecule is COc1cccc(CNc2nccc(-c3cc(N4CCN(CCCO)CC4)c4cc(C)ccc4c3)n2)c1. The number of rotatable bonds is 9. The molecule has 0 radical (unpaired) electrons. The summed E-state index contributed by atoms with van der Waals surface area (Å²) in [6.07, 6.45) is 2.65. The van der Waals surface area contributed by atoms with E-state index in [2.05, 4.69) is 63.4 Å². The maximum atomic E-state index is 9.19. The Morgan fingerprint density at radius 2 is 1.86 bits per heavy atom. The van der Waals surface area contributed by atoms with Crippen LogP contribution in [0.5, 0.6) is 5.75 Å². The number of hydrogen-bond donors (Lipinski definition) is 2. The third-order valence-electron chi connectivity index (χ3n) is 6.97. The van der Waals surface area contributed by atoms with Crippen LogP contribution in [0.15, 0.2) is 66.9 Å². The van der Waals surface area contributed by atoms with Crippen LogP contribution in [-0.4, -0.2) is 66.4 Å². The van der Waals surface area contributed by atoms with Gasteiger partial charge in [-0.25, -0.2) is 9.97 Å². The molecule has 0 saturated carbocycles. The summed E-state index contributed by atoms with van der Waals surface area (Å²) < 4.78 is 5.33. The van der Waals surface area contributed by atoms with E-state index >= 15 is 0 Å². The van der Waals surface area contributed by atoms with E-state index in [9.17, 15) is 5.11 Å². The van der Waals surface area contributed by atoms with Crippen molar-refractivity contribution in [3.63, 3.8) is 0 Å². The van der Waals surface area contributed by atoms with E-state index < -0.39 is 0 Å². The van der Waals surface area contributed by atoms with Crippen molar-refractivity contribution in [1.82, 2.24) is 14.9 Å². The molecule has 37 heavy (non-hydrogen) atoms. The van der Waals surface area contributed by atoms with E-state index in [4.69, 9.17) is 9.72 Å². The molecule has 3 aromatic carbocycles. The van der Waals surface area contributed by atoms with Crippen LogP contribution in [0.25, 0.3) is 22.0 Å². The zero-order valence-corrected chi connectivity index (χ0v) is 21.7. The number of benzene rings is 3. The molecule has 1 saturated heterocycles. The van der Waals surface area contributed by atoms with Crippen molar-refractivity contribution in [2.45, 2.75) is 19.9 Å². The van der Waals surface area contributed by atoms with Gasteiger partial charge in [-0.15, -0.1) is 0 Å². The summed E-state index contributed by atoms with van der Waals surface area (Å²) in [7, 11) is 1.68. The smallest absolute Gasteiger partial charge is 0.223 e. The Balaban J connectivity index is 1.41. The molecule has 7 heteroatoms.